The Labute approximate surface area is 212 Å². The summed E-state index contributed by atoms with van der Waals surface area (Å²) < 4.78 is 33.1. The number of esters is 1. The number of hydrogen-bond acceptors (Lipinski definition) is 5. The molecule has 8 heteroatoms. The van der Waals surface area contributed by atoms with Gasteiger partial charge in [0.1, 0.15) is 0 Å². The molecule has 0 atom stereocenters. The van der Waals surface area contributed by atoms with Crippen LogP contribution in [0.5, 0.6) is 0 Å². The average Bonchev–Trinajstić information content (AvgIpc) is 2.90. The van der Waals surface area contributed by atoms with Crippen LogP contribution in [0.4, 0.5) is 11.4 Å². The molecule has 0 saturated heterocycles. The second-order valence-electron chi connectivity index (χ2n) is 7.97. The normalized spacial score (nSPS) is 10.9. The Hall–Kier alpha value is -3.91. The van der Waals surface area contributed by atoms with E-state index in [1.54, 1.807) is 30.3 Å². The molecule has 0 saturated carbocycles. The van der Waals surface area contributed by atoms with Crippen molar-refractivity contribution in [2.75, 3.05) is 22.8 Å². The van der Waals surface area contributed by atoms with Crippen LogP contribution in [0.25, 0.3) is 0 Å². The van der Waals surface area contributed by atoms with Crippen LogP contribution in [-0.4, -0.2) is 33.4 Å². The van der Waals surface area contributed by atoms with Gasteiger partial charge in [0.05, 0.1) is 22.7 Å². The minimum atomic E-state index is -3.98. The predicted octanol–water partition coefficient (Wildman–Crippen LogP) is 4.99. The van der Waals surface area contributed by atoms with Crippen LogP contribution in [-0.2, 0) is 32.4 Å². The van der Waals surface area contributed by atoms with Gasteiger partial charge in [-0.25, -0.2) is 13.2 Å². The van der Waals surface area contributed by atoms with E-state index in [1.807, 2.05) is 32.0 Å². The largest absolute Gasteiger partial charge is 0.452 e. The predicted molar refractivity (Wildman–Crippen MR) is 142 cm³/mol. The number of amides is 1. The summed E-state index contributed by atoms with van der Waals surface area (Å²) in [5, 5.41) is 2.84. The number of sulfonamides is 1. The van der Waals surface area contributed by atoms with Gasteiger partial charge in [0.2, 0.25) is 0 Å². The van der Waals surface area contributed by atoms with Gasteiger partial charge in [0, 0.05) is 5.69 Å². The number of carbonyl (C=O) groups is 2. The monoisotopic (exact) mass is 506 g/mol. The quantitative estimate of drug-likeness (QED) is 0.292. The van der Waals surface area contributed by atoms with E-state index in [9.17, 15) is 18.0 Å². The zero-order valence-electron chi connectivity index (χ0n) is 20.4. The fourth-order valence-electron chi connectivity index (χ4n) is 3.76. The van der Waals surface area contributed by atoms with E-state index in [0.29, 0.717) is 5.69 Å². The first kappa shape index (κ1) is 26.7. The Morgan fingerprint density at radius 1 is 0.944 bits per heavy atom. The maximum absolute atomic E-state index is 13.3. The molecule has 0 heterocycles. The fourth-order valence-corrected chi connectivity index (χ4v) is 5.24. The molecule has 0 spiro atoms. The standard InChI is InChI=1S/C28H30N2O5S/c1-4-18-30(24-15-8-7-9-16-24)36(33,34)25-17-11-14-23(19-25)28(32)35-20-26(31)29-27-21(5-2)12-10-13-22(27)6-3/h4,7-17,19H,1,5-6,18,20H2,2-3H3,(H,29,31). The van der Waals surface area contributed by atoms with Crippen molar-refractivity contribution in [3.63, 3.8) is 0 Å². The first-order valence-electron chi connectivity index (χ1n) is 11.7. The van der Waals surface area contributed by atoms with Crippen molar-refractivity contribution in [3.8, 4) is 0 Å². The Morgan fingerprint density at radius 3 is 2.19 bits per heavy atom. The lowest BCUT2D eigenvalue weighted by Gasteiger charge is -2.23. The maximum atomic E-state index is 13.3. The summed E-state index contributed by atoms with van der Waals surface area (Å²) in [5.41, 5.74) is 3.23. The first-order valence-corrected chi connectivity index (χ1v) is 13.1. The summed E-state index contributed by atoms with van der Waals surface area (Å²) >= 11 is 0. The molecule has 3 aromatic rings. The number of nitrogens with zero attached hydrogens (tertiary/aromatic N) is 1. The number of para-hydroxylation sites is 2. The highest BCUT2D eigenvalue weighted by Gasteiger charge is 2.25. The van der Waals surface area contributed by atoms with Crippen LogP contribution >= 0.6 is 0 Å². The molecule has 0 aliphatic heterocycles. The maximum Gasteiger partial charge on any atom is 0.338 e. The molecular weight excluding hydrogens is 476 g/mol. The number of benzene rings is 3. The van der Waals surface area contributed by atoms with Crippen molar-refractivity contribution in [1.82, 2.24) is 0 Å². The molecule has 7 nitrogen and oxygen atoms in total. The van der Waals surface area contributed by atoms with Crippen molar-refractivity contribution in [2.24, 2.45) is 0 Å². The summed E-state index contributed by atoms with van der Waals surface area (Å²) in [6.07, 6.45) is 2.98. The smallest absolute Gasteiger partial charge is 0.338 e. The molecule has 3 aromatic carbocycles. The summed E-state index contributed by atoms with van der Waals surface area (Å²) in [6.45, 7) is 7.21. The molecule has 188 valence electrons. The van der Waals surface area contributed by atoms with Gasteiger partial charge in [-0.3, -0.25) is 9.10 Å². The summed E-state index contributed by atoms with van der Waals surface area (Å²) in [6, 6.07) is 20.0. The van der Waals surface area contributed by atoms with Crippen LogP contribution in [0.1, 0.15) is 35.3 Å². The number of nitrogens with one attached hydrogen (secondary N) is 1. The Morgan fingerprint density at radius 2 is 1.58 bits per heavy atom. The molecule has 1 amide bonds. The van der Waals surface area contributed by atoms with Crippen LogP contribution in [0.2, 0.25) is 0 Å². The first-order chi connectivity index (χ1) is 17.3. The third-order valence-electron chi connectivity index (χ3n) is 5.59. The van der Waals surface area contributed by atoms with E-state index < -0.39 is 28.5 Å². The lowest BCUT2D eigenvalue weighted by Crippen LogP contribution is -2.31. The molecule has 36 heavy (non-hydrogen) atoms. The van der Waals surface area contributed by atoms with Gasteiger partial charge < -0.3 is 10.1 Å². The molecule has 0 aliphatic carbocycles. The molecule has 3 rings (SSSR count). The number of hydrogen-bond donors (Lipinski definition) is 1. The van der Waals surface area contributed by atoms with Crippen LogP contribution in [0, 0.1) is 0 Å². The van der Waals surface area contributed by atoms with Crippen LogP contribution in [0.3, 0.4) is 0 Å². The molecule has 0 aromatic heterocycles. The molecule has 1 N–H and O–H groups in total. The molecule has 0 radical (unpaired) electrons. The number of ether oxygens (including phenoxy) is 1. The van der Waals surface area contributed by atoms with Gasteiger partial charge in [-0.15, -0.1) is 6.58 Å². The molecular formula is C28H30N2O5S. The van der Waals surface area contributed by atoms with Gasteiger partial charge in [0.15, 0.2) is 6.61 Å². The van der Waals surface area contributed by atoms with Crippen molar-refractivity contribution in [1.29, 1.82) is 0 Å². The van der Waals surface area contributed by atoms with Gasteiger partial charge in [-0.05, 0) is 54.3 Å². The van der Waals surface area contributed by atoms with E-state index in [4.69, 9.17) is 4.74 Å². The van der Waals surface area contributed by atoms with Crippen LogP contribution < -0.4 is 9.62 Å². The van der Waals surface area contributed by atoms with E-state index in [-0.39, 0.29) is 17.0 Å². The van der Waals surface area contributed by atoms with E-state index in [2.05, 4.69) is 11.9 Å². The molecule has 0 unspecified atom stereocenters. The highest BCUT2D eigenvalue weighted by Crippen LogP contribution is 2.25. The third kappa shape index (κ3) is 6.20. The van der Waals surface area contributed by atoms with Gasteiger partial charge in [-0.1, -0.05) is 62.4 Å². The number of aryl methyl sites for hydroxylation is 2. The van der Waals surface area contributed by atoms with Crippen molar-refractivity contribution in [3.05, 3.63) is 102 Å². The highest BCUT2D eigenvalue weighted by molar-refractivity contribution is 7.92. The summed E-state index contributed by atoms with van der Waals surface area (Å²) in [4.78, 5) is 25.1. The van der Waals surface area contributed by atoms with Gasteiger partial charge in [0.25, 0.3) is 15.9 Å². The molecule has 0 fully saturated rings. The van der Waals surface area contributed by atoms with E-state index in [0.717, 1.165) is 29.7 Å². The number of rotatable bonds is 11. The topological polar surface area (TPSA) is 92.8 Å². The zero-order chi connectivity index (χ0) is 26.1. The summed E-state index contributed by atoms with van der Waals surface area (Å²) in [7, 11) is -3.98. The molecule has 0 bridgehead atoms. The average molecular weight is 507 g/mol. The Balaban J connectivity index is 1.74. The SMILES string of the molecule is C=CCN(c1ccccc1)S(=O)(=O)c1cccc(C(=O)OCC(=O)Nc2c(CC)cccc2CC)c1. The van der Waals surface area contributed by atoms with E-state index >= 15 is 0 Å². The lowest BCUT2D eigenvalue weighted by molar-refractivity contribution is -0.119. The van der Waals surface area contributed by atoms with Crippen molar-refractivity contribution in [2.45, 2.75) is 31.6 Å². The number of anilines is 2. The minimum Gasteiger partial charge on any atom is -0.452 e. The van der Waals surface area contributed by atoms with Crippen molar-refractivity contribution < 1.29 is 22.7 Å². The molecule has 0 aliphatic rings. The second kappa shape index (κ2) is 12.2. The summed E-state index contributed by atoms with van der Waals surface area (Å²) in [5.74, 6) is -1.26. The van der Waals surface area contributed by atoms with Gasteiger partial charge >= 0.3 is 5.97 Å². The Bertz CT molecular complexity index is 1310. The minimum absolute atomic E-state index is 0.0266. The van der Waals surface area contributed by atoms with Crippen LogP contribution in [0.15, 0.2) is 90.3 Å². The highest BCUT2D eigenvalue weighted by atomic mass is 32.2. The zero-order valence-corrected chi connectivity index (χ0v) is 21.3. The van der Waals surface area contributed by atoms with E-state index in [1.165, 1.54) is 34.6 Å². The second-order valence-corrected chi connectivity index (χ2v) is 9.83. The lowest BCUT2D eigenvalue weighted by atomic mass is 10.0. The van der Waals surface area contributed by atoms with Crippen molar-refractivity contribution >= 4 is 33.3 Å². The Kier molecular flexibility index (Phi) is 9.02. The third-order valence-corrected chi connectivity index (χ3v) is 7.38. The fraction of sp³-hybridized carbons (Fsp3) is 0.214. The number of carbonyl (C=O) groups excluding carboxylic acids is 2. The van der Waals surface area contributed by atoms with Gasteiger partial charge in [-0.2, -0.15) is 0 Å².